The van der Waals surface area contributed by atoms with Crippen molar-refractivity contribution in [3.8, 4) is 12.1 Å². The smallest absolute Gasteiger partial charge is 0.0948 e. The van der Waals surface area contributed by atoms with Gasteiger partial charge in [0.1, 0.15) is 0 Å². The van der Waals surface area contributed by atoms with Crippen LogP contribution in [0.3, 0.4) is 0 Å². The van der Waals surface area contributed by atoms with Crippen LogP contribution >= 0.6 is 11.8 Å². The molecule has 1 atom stereocenters. The molecule has 0 spiro atoms. The number of hydrogen-bond acceptors (Lipinski definition) is 4. The van der Waals surface area contributed by atoms with Crippen LogP contribution in [0.1, 0.15) is 13.3 Å². The molecule has 0 heterocycles. The van der Waals surface area contributed by atoms with E-state index < -0.39 is 0 Å². The maximum Gasteiger partial charge on any atom is 0.0948 e. The minimum Gasteiger partial charge on any atom is -0.392 e. The molecule has 0 saturated heterocycles. The van der Waals surface area contributed by atoms with Crippen molar-refractivity contribution in [3.05, 3.63) is 45.9 Å². The zero-order chi connectivity index (χ0) is 13.5. The first-order valence-electron chi connectivity index (χ1n) is 5.54. The molecule has 0 bridgehead atoms. The number of nitrogens with one attached hydrogen (secondary N) is 1. The number of rotatable bonds is 4. The Hall–Kier alpha value is -1.91. The van der Waals surface area contributed by atoms with Crippen molar-refractivity contribution in [3.63, 3.8) is 0 Å². The van der Waals surface area contributed by atoms with Gasteiger partial charge < -0.3 is 5.32 Å². The highest BCUT2D eigenvalue weighted by molar-refractivity contribution is 8.07. The van der Waals surface area contributed by atoms with Crippen molar-refractivity contribution < 1.29 is 0 Å². The van der Waals surface area contributed by atoms with Crippen molar-refractivity contribution in [2.45, 2.75) is 13.3 Å². The Morgan fingerprint density at radius 1 is 1.61 bits per heavy atom. The van der Waals surface area contributed by atoms with E-state index in [9.17, 15) is 0 Å². The molecular weight excluding hydrogens is 242 g/mol. The number of allylic oxidation sites excluding steroid dienone is 5. The van der Waals surface area contributed by atoms with Crippen molar-refractivity contribution in [2.75, 3.05) is 7.05 Å². The van der Waals surface area contributed by atoms with Crippen molar-refractivity contribution in [1.82, 2.24) is 5.32 Å². The standard InChI is InChI=1S/C14H15N3S/c1-10(17-3)4-11(2)18-14-6-12(8-15)5-13(7-14)9-16/h4,6-7,12,17H,2,5H2,1,3H3/b10-4-. The lowest BCUT2D eigenvalue weighted by Crippen LogP contribution is -2.02. The Morgan fingerprint density at radius 3 is 2.89 bits per heavy atom. The van der Waals surface area contributed by atoms with Crippen molar-refractivity contribution in [1.29, 1.82) is 10.5 Å². The molecular formula is C14H15N3S. The Balaban J connectivity index is 2.81. The first-order valence-corrected chi connectivity index (χ1v) is 6.35. The van der Waals surface area contributed by atoms with Crippen LogP contribution < -0.4 is 5.32 Å². The van der Waals surface area contributed by atoms with Crippen LogP contribution in [0.5, 0.6) is 0 Å². The third kappa shape index (κ3) is 4.16. The van der Waals surface area contributed by atoms with E-state index in [1.807, 2.05) is 32.2 Å². The van der Waals surface area contributed by atoms with Gasteiger partial charge in [-0.1, -0.05) is 24.4 Å². The summed E-state index contributed by atoms with van der Waals surface area (Å²) in [5.74, 6) is -0.214. The molecule has 0 fully saturated rings. The normalized spacial score (nSPS) is 19.1. The molecule has 0 amide bonds. The largest absolute Gasteiger partial charge is 0.392 e. The van der Waals surface area contributed by atoms with Gasteiger partial charge >= 0.3 is 0 Å². The lowest BCUT2D eigenvalue weighted by Gasteiger charge is -2.13. The van der Waals surface area contributed by atoms with Gasteiger partial charge in [-0.15, -0.1) is 0 Å². The number of nitrogens with zero attached hydrogens (tertiary/aromatic N) is 2. The van der Waals surface area contributed by atoms with Gasteiger partial charge in [-0.2, -0.15) is 10.5 Å². The maximum absolute atomic E-state index is 8.95. The average Bonchev–Trinajstić information content (AvgIpc) is 2.37. The molecule has 1 aliphatic rings. The molecule has 18 heavy (non-hydrogen) atoms. The summed E-state index contributed by atoms with van der Waals surface area (Å²) >= 11 is 1.47. The van der Waals surface area contributed by atoms with E-state index in [1.54, 1.807) is 0 Å². The van der Waals surface area contributed by atoms with E-state index in [0.717, 1.165) is 15.5 Å². The SMILES string of the molecule is C=C(/C=C(/C)NC)SC1=CC(C#N)CC(C#N)=C1. The van der Waals surface area contributed by atoms with Gasteiger partial charge in [0.15, 0.2) is 0 Å². The van der Waals surface area contributed by atoms with E-state index in [0.29, 0.717) is 12.0 Å². The molecule has 3 nitrogen and oxygen atoms in total. The maximum atomic E-state index is 8.95. The van der Waals surface area contributed by atoms with Gasteiger partial charge in [0.05, 0.1) is 18.1 Å². The topological polar surface area (TPSA) is 59.6 Å². The fraction of sp³-hybridized carbons (Fsp3) is 0.286. The molecule has 0 radical (unpaired) electrons. The van der Waals surface area contributed by atoms with E-state index in [-0.39, 0.29) is 5.92 Å². The lowest BCUT2D eigenvalue weighted by atomic mass is 9.96. The predicted molar refractivity (Wildman–Crippen MR) is 75.0 cm³/mol. The highest BCUT2D eigenvalue weighted by Gasteiger charge is 2.15. The van der Waals surface area contributed by atoms with Gasteiger partial charge in [-0.05, 0) is 19.1 Å². The molecule has 0 saturated carbocycles. The number of hydrogen-bond donors (Lipinski definition) is 1. The van der Waals surface area contributed by atoms with Crippen LogP contribution in [0.15, 0.2) is 45.9 Å². The Morgan fingerprint density at radius 2 is 2.33 bits per heavy atom. The molecule has 4 heteroatoms. The zero-order valence-electron chi connectivity index (χ0n) is 10.5. The van der Waals surface area contributed by atoms with Crippen LogP contribution in [-0.4, -0.2) is 7.05 Å². The summed E-state index contributed by atoms with van der Waals surface area (Å²) in [4.78, 5) is 1.79. The third-order valence-corrected chi connectivity index (χ3v) is 3.32. The molecule has 1 unspecified atom stereocenters. The average molecular weight is 257 g/mol. The molecule has 0 aliphatic heterocycles. The number of thioether (sulfide) groups is 1. The van der Waals surface area contributed by atoms with Crippen molar-refractivity contribution in [2.24, 2.45) is 5.92 Å². The van der Waals surface area contributed by atoms with Gasteiger partial charge in [-0.25, -0.2) is 0 Å². The van der Waals surface area contributed by atoms with Gasteiger partial charge in [0.25, 0.3) is 0 Å². The molecule has 1 N–H and O–H groups in total. The lowest BCUT2D eigenvalue weighted by molar-refractivity contribution is 0.812. The predicted octanol–water partition coefficient (Wildman–Crippen LogP) is 3.23. The highest BCUT2D eigenvalue weighted by Crippen LogP contribution is 2.33. The summed E-state index contributed by atoms with van der Waals surface area (Å²) in [7, 11) is 1.85. The first-order chi connectivity index (χ1) is 8.58. The van der Waals surface area contributed by atoms with E-state index in [2.05, 4.69) is 24.0 Å². The minimum atomic E-state index is -0.214. The molecule has 0 aromatic heterocycles. The quantitative estimate of drug-likeness (QED) is 0.785. The summed E-state index contributed by atoms with van der Waals surface area (Å²) in [6.45, 7) is 5.90. The van der Waals surface area contributed by atoms with Gasteiger partial charge in [0.2, 0.25) is 0 Å². The molecule has 0 aromatic carbocycles. The van der Waals surface area contributed by atoms with Crippen LogP contribution in [-0.2, 0) is 0 Å². The van der Waals surface area contributed by atoms with Crippen LogP contribution in [0.25, 0.3) is 0 Å². The highest BCUT2D eigenvalue weighted by atomic mass is 32.2. The van der Waals surface area contributed by atoms with E-state index in [4.69, 9.17) is 10.5 Å². The molecule has 92 valence electrons. The van der Waals surface area contributed by atoms with Gasteiger partial charge in [0, 0.05) is 34.5 Å². The molecule has 0 aromatic rings. The fourth-order valence-corrected chi connectivity index (χ4v) is 2.46. The first kappa shape index (κ1) is 14.2. The summed E-state index contributed by atoms with van der Waals surface area (Å²) < 4.78 is 0. The second-order valence-electron chi connectivity index (χ2n) is 3.94. The summed E-state index contributed by atoms with van der Waals surface area (Å²) in [6, 6.07) is 4.31. The molecule has 1 aliphatic carbocycles. The third-order valence-electron chi connectivity index (χ3n) is 2.45. The van der Waals surface area contributed by atoms with E-state index >= 15 is 0 Å². The summed E-state index contributed by atoms with van der Waals surface area (Å²) in [6.07, 6.45) is 6.15. The molecule has 1 rings (SSSR count). The van der Waals surface area contributed by atoms with Crippen LogP contribution in [0.2, 0.25) is 0 Å². The second-order valence-corrected chi connectivity index (χ2v) is 5.14. The summed E-state index contributed by atoms with van der Waals surface area (Å²) in [5.41, 5.74) is 1.67. The zero-order valence-corrected chi connectivity index (χ0v) is 11.3. The minimum absolute atomic E-state index is 0.214. The number of nitriles is 2. The van der Waals surface area contributed by atoms with Crippen LogP contribution in [0, 0.1) is 28.6 Å². The summed E-state index contributed by atoms with van der Waals surface area (Å²) in [5, 5.41) is 20.9. The van der Waals surface area contributed by atoms with Crippen LogP contribution in [0.4, 0.5) is 0 Å². The monoisotopic (exact) mass is 257 g/mol. The van der Waals surface area contributed by atoms with Crippen molar-refractivity contribution >= 4 is 11.8 Å². The Bertz CT molecular complexity index is 512. The second kappa shape index (κ2) is 6.74. The Labute approximate surface area is 112 Å². The fourth-order valence-electron chi connectivity index (χ4n) is 1.49. The Kier molecular flexibility index (Phi) is 5.30. The van der Waals surface area contributed by atoms with Gasteiger partial charge in [-0.3, -0.25) is 0 Å². The van der Waals surface area contributed by atoms with E-state index in [1.165, 1.54) is 11.8 Å².